The molecule has 1 aliphatic rings. The first kappa shape index (κ1) is 62.4. The van der Waals surface area contributed by atoms with Gasteiger partial charge in [-0.05, 0) is 125 Å². The summed E-state index contributed by atoms with van der Waals surface area (Å²) in [6, 6.07) is 26.7. The molecule has 1 aromatic carbocycles. The fourth-order valence-corrected chi connectivity index (χ4v) is 22.1. The van der Waals surface area contributed by atoms with E-state index in [0.717, 1.165) is 141 Å². The zero-order valence-electron chi connectivity index (χ0n) is 50.7. The van der Waals surface area contributed by atoms with Crippen LogP contribution < -0.4 is 4.74 Å². The monoisotopic (exact) mass is 1300 g/mol. The van der Waals surface area contributed by atoms with Crippen molar-refractivity contribution in [1.82, 2.24) is 8.75 Å². The first-order chi connectivity index (χ1) is 41.5. The second kappa shape index (κ2) is 28.9. The maximum atomic E-state index is 15.7. The molecule has 9 heterocycles. The summed E-state index contributed by atoms with van der Waals surface area (Å²) in [6.45, 7) is 18.6. The minimum absolute atomic E-state index is 0.0508. The van der Waals surface area contributed by atoms with Crippen molar-refractivity contribution in [2.24, 2.45) is 11.8 Å². The van der Waals surface area contributed by atoms with Gasteiger partial charge in [0.1, 0.15) is 16.8 Å². The van der Waals surface area contributed by atoms with Crippen LogP contribution in [-0.2, 0) is 12.8 Å². The van der Waals surface area contributed by atoms with Crippen molar-refractivity contribution >= 4 is 125 Å². The molecule has 0 bridgehead atoms. The van der Waals surface area contributed by atoms with Crippen LogP contribution >= 0.6 is 102 Å². The van der Waals surface area contributed by atoms with Gasteiger partial charge in [-0.15, -0.1) is 90.7 Å². The fourth-order valence-electron chi connectivity index (χ4n) is 12.3. The Kier molecular flexibility index (Phi) is 21.2. The van der Waals surface area contributed by atoms with E-state index >= 15 is 9.59 Å². The Hall–Kier alpha value is -4.22. The molecular formula is C71H80N2O3S9. The Morgan fingerprint density at radius 1 is 0.388 bits per heavy atom. The van der Waals surface area contributed by atoms with Gasteiger partial charge in [-0.2, -0.15) is 8.75 Å². The molecule has 446 valence electrons. The molecule has 5 nitrogen and oxygen atoms in total. The average Bonchev–Trinajstić information content (AvgIpc) is 1.95. The van der Waals surface area contributed by atoms with E-state index in [4.69, 9.17) is 13.5 Å². The highest BCUT2D eigenvalue weighted by Crippen LogP contribution is 2.55. The number of ketones is 2. The van der Waals surface area contributed by atoms with Crippen LogP contribution in [0.4, 0.5) is 0 Å². The lowest BCUT2D eigenvalue weighted by molar-refractivity contribution is 0.0980. The smallest absolute Gasteiger partial charge is 0.197 e. The van der Waals surface area contributed by atoms with Gasteiger partial charge in [-0.1, -0.05) is 144 Å². The number of unbranched alkanes of at least 4 members (excludes halogenated alkanes) is 11. The average molecular weight is 1300 g/mol. The van der Waals surface area contributed by atoms with Crippen LogP contribution in [0.3, 0.4) is 0 Å². The summed E-state index contributed by atoms with van der Waals surface area (Å²) in [6.07, 6.45) is 23.6. The lowest BCUT2D eigenvalue weighted by Gasteiger charge is -2.19. The lowest BCUT2D eigenvalue weighted by Crippen LogP contribution is -2.22. The molecule has 2 unspecified atom stereocenters. The van der Waals surface area contributed by atoms with Gasteiger partial charge in [0.15, 0.2) is 11.6 Å². The van der Waals surface area contributed by atoms with Crippen LogP contribution in [0.15, 0.2) is 72.8 Å². The first-order valence-corrected chi connectivity index (χ1v) is 38.6. The van der Waals surface area contributed by atoms with Crippen molar-refractivity contribution < 1.29 is 14.3 Å². The number of fused-ring (bicyclic) bond motifs is 3. The number of nitrogens with zero attached hydrogens (tertiary/aromatic N) is 2. The van der Waals surface area contributed by atoms with Gasteiger partial charge >= 0.3 is 0 Å². The number of carbonyl (C=O) groups excluding carboxylic acids is 2. The molecular weight excluding hydrogens is 1220 g/mol. The minimum Gasteiger partial charge on any atom is -0.493 e. The van der Waals surface area contributed by atoms with E-state index in [9.17, 15) is 0 Å². The summed E-state index contributed by atoms with van der Waals surface area (Å²) in [4.78, 5) is 49.6. The third-order valence-corrected chi connectivity index (χ3v) is 27.4. The number of ether oxygens (including phenoxy) is 1. The quantitative estimate of drug-likeness (QED) is 0.0405. The highest BCUT2D eigenvalue weighted by atomic mass is 32.1. The molecule has 2 atom stereocenters. The van der Waals surface area contributed by atoms with Gasteiger partial charge in [0.05, 0.1) is 44.8 Å². The number of aryl methyl sites for hydroxylation is 2. The van der Waals surface area contributed by atoms with Gasteiger partial charge in [-0.25, -0.2) is 0 Å². The summed E-state index contributed by atoms with van der Waals surface area (Å²) >= 11 is 15.4. The largest absolute Gasteiger partial charge is 0.493 e. The van der Waals surface area contributed by atoms with Gasteiger partial charge in [0.2, 0.25) is 0 Å². The number of thiophene rings is 8. The molecule has 11 rings (SSSR count). The summed E-state index contributed by atoms with van der Waals surface area (Å²) in [5.41, 5.74) is 7.80. The molecule has 0 spiro atoms. The van der Waals surface area contributed by atoms with Crippen LogP contribution in [0, 0.1) is 32.6 Å². The summed E-state index contributed by atoms with van der Waals surface area (Å²) in [7, 11) is 0. The van der Waals surface area contributed by atoms with Crippen molar-refractivity contribution in [3.05, 3.63) is 120 Å². The minimum atomic E-state index is 0.0508. The third kappa shape index (κ3) is 13.5. The van der Waals surface area contributed by atoms with E-state index in [1.165, 1.54) is 116 Å². The van der Waals surface area contributed by atoms with Gasteiger partial charge in [0.25, 0.3) is 0 Å². The zero-order valence-corrected chi connectivity index (χ0v) is 58.1. The second-order valence-electron chi connectivity index (χ2n) is 23.3. The van der Waals surface area contributed by atoms with E-state index in [-0.39, 0.29) is 11.6 Å². The molecule has 0 saturated heterocycles. The van der Waals surface area contributed by atoms with Crippen LogP contribution in [-0.4, -0.2) is 26.9 Å². The van der Waals surface area contributed by atoms with Gasteiger partial charge < -0.3 is 4.74 Å². The fraction of sp³-hybridized carbons (Fsp3) is 0.437. The van der Waals surface area contributed by atoms with Crippen LogP contribution in [0.25, 0.3) is 80.7 Å². The van der Waals surface area contributed by atoms with Crippen molar-refractivity contribution in [2.75, 3.05) is 6.61 Å². The Labute approximate surface area is 541 Å². The number of carbonyl (C=O) groups is 2. The molecule has 0 amide bonds. The number of aromatic nitrogens is 2. The van der Waals surface area contributed by atoms with Crippen molar-refractivity contribution in [1.29, 1.82) is 0 Å². The van der Waals surface area contributed by atoms with E-state index in [1.807, 2.05) is 34.0 Å². The molecule has 0 N–H and O–H groups in total. The van der Waals surface area contributed by atoms with Crippen molar-refractivity contribution in [2.45, 2.75) is 184 Å². The number of benzene rings is 1. The summed E-state index contributed by atoms with van der Waals surface area (Å²) in [5, 5.41) is 0. The maximum Gasteiger partial charge on any atom is 0.197 e. The van der Waals surface area contributed by atoms with E-state index in [0.29, 0.717) is 35.1 Å². The molecule has 14 heteroatoms. The number of hydrogen-bond donors (Lipinski definition) is 0. The third-order valence-electron chi connectivity index (χ3n) is 17.1. The van der Waals surface area contributed by atoms with Crippen LogP contribution in [0.1, 0.15) is 207 Å². The molecule has 0 saturated carbocycles. The zero-order chi connectivity index (χ0) is 59.1. The summed E-state index contributed by atoms with van der Waals surface area (Å²) < 4.78 is 17.1. The molecule has 85 heavy (non-hydrogen) atoms. The Balaban J connectivity index is 0.896. The first-order valence-electron chi connectivity index (χ1n) is 31.4. The van der Waals surface area contributed by atoms with Gasteiger partial charge in [-0.3, -0.25) is 9.59 Å². The topological polar surface area (TPSA) is 69.2 Å². The van der Waals surface area contributed by atoms with Crippen molar-refractivity contribution in [3.63, 3.8) is 0 Å². The van der Waals surface area contributed by atoms with Gasteiger partial charge in [0, 0.05) is 90.5 Å². The van der Waals surface area contributed by atoms with Crippen LogP contribution in [0.5, 0.6) is 5.75 Å². The van der Waals surface area contributed by atoms with E-state index < -0.39 is 0 Å². The second-order valence-corrected chi connectivity index (χ2v) is 32.9. The SMILES string of the molecule is CCCCCCCCCCCCOc1c(C)c(-c2ccc(-c3ccc(-c4ccc(-c5sc(-c6ccc(C)s6)c6c5C(=O)c5c(CC(CC)CCCC)sc(CC(CC)CCCC)c5C6=O)s4)s3)s2)c2nsnc2c1-c1ccc(-c2ccc(C)s2)s1. The molecule has 1 aliphatic carbocycles. The Bertz CT molecular complexity index is 3890. The Morgan fingerprint density at radius 2 is 0.776 bits per heavy atom. The highest BCUT2D eigenvalue weighted by molar-refractivity contribution is 7.30. The lowest BCUT2D eigenvalue weighted by atomic mass is 9.81. The molecule has 9 aromatic heterocycles. The normalized spacial score (nSPS) is 13.2. The predicted molar refractivity (Wildman–Crippen MR) is 377 cm³/mol. The molecule has 10 aromatic rings. The summed E-state index contributed by atoms with van der Waals surface area (Å²) in [5.74, 6) is 2.00. The van der Waals surface area contributed by atoms with E-state index in [1.54, 1.807) is 56.7 Å². The predicted octanol–water partition coefficient (Wildman–Crippen LogP) is 25.4. The van der Waals surface area contributed by atoms with E-state index in [2.05, 4.69) is 128 Å². The molecule has 0 radical (unpaired) electrons. The maximum absolute atomic E-state index is 15.7. The van der Waals surface area contributed by atoms with Crippen molar-refractivity contribution in [3.8, 4) is 75.4 Å². The Morgan fingerprint density at radius 3 is 1.26 bits per heavy atom. The number of rotatable bonds is 31. The number of hydrogen-bond acceptors (Lipinski definition) is 14. The molecule has 0 fully saturated rings. The highest BCUT2D eigenvalue weighted by Gasteiger charge is 2.42. The molecule has 0 aliphatic heterocycles. The van der Waals surface area contributed by atoms with Crippen LogP contribution in [0.2, 0.25) is 0 Å². The standard InChI is InChI=1S/C71H80N2O3S9/c1-9-14-17-18-19-20-21-22-23-24-39-76-69-44(8)59(65-66(73-85-72-65)62(69)54-37-34-48(81-54)47-29-27-42(6)77-47)53-36-33-51(80-53)49-31-32-50(79-49)52-35-38-56(82-52)71-64-63(70(84-71)55-30-28-43(7)78-55)67(74)60-57(40-45(12-4)25-15-10-2)83-58(61(60)68(64)75)41-46(13-5)26-16-11-3/h27-38,45-46H,9-26,39-41H2,1-8H3.